The molecule has 0 spiro atoms. The first-order valence-electron chi connectivity index (χ1n) is 13.5. The normalized spacial score (nSPS) is 16.9. The number of alkyl halides is 6. The zero-order valence-electron chi connectivity index (χ0n) is 23.7. The Labute approximate surface area is 264 Å². The largest absolute Gasteiger partial charge is 0.507 e. The van der Waals surface area contributed by atoms with Gasteiger partial charge in [-0.3, -0.25) is 9.78 Å². The van der Waals surface area contributed by atoms with Crippen LogP contribution in [0.2, 0.25) is 0 Å². The third kappa shape index (κ3) is 4.92. The topological polar surface area (TPSA) is 98.3 Å². The number of aromatic nitrogens is 2. The van der Waals surface area contributed by atoms with Crippen molar-refractivity contribution in [3.8, 4) is 26.6 Å². The highest BCUT2D eigenvalue weighted by Crippen LogP contribution is 2.66. The average Bonchev–Trinajstić information content (AvgIpc) is 3.60. The molecule has 0 fully saturated rings. The summed E-state index contributed by atoms with van der Waals surface area (Å²) in [4.78, 5) is 32.4. The number of nitrogens with one attached hydrogen (secondary N) is 2. The Balaban J connectivity index is 1.49. The molecule has 0 amide bonds. The van der Waals surface area contributed by atoms with E-state index in [0.717, 1.165) is 41.2 Å². The molecule has 3 aromatic heterocycles. The van der Waals surface area contributed by atoms with Gasteiger partial charge in [-0.1, -0.05) is 30.3 Å². The van der Waals surface area contributed by atoms with Crippen LogP contribution in [-0.2, 0) is 0 Å². The number of hydrogen-bond acceptors (Lipinski definition) is 6. The van der Waals surface area contributed by atoms with Crippen molar-refractivity contribution < 1.29 is 31.4 Å². The number of thiophene rings is 2. The number of aliphatic imine (C=N–C) groups is 1. The summed E-state index contributed by atoms with van der Waals surface area (Å²) in [6.45, 7) is 2.80. The quantitative estimate of drug-likeness (QED) is 0.125. The summed E-state index contributed by atoms with van der Waals surface area (Å²) in [6.07, 6.45) is 2.18. The van der Waals surface area contributed by atoms with Crippen molar-refractivity contribution in [1.82, 2.24) is 9.97 Å². The lowest BCUT2D eigenvalue weighted by Crippen LogP contribution is -2.48. The van der Waals surface area contributed by atoms with Crippen molar-refractivity contribution in [2.45, 2.75) is 31.6 Å². The maximum absolute atomic E-state index is 15.6. The lowest BCUT2D eigenvalue weighted by molar-refractivity contribution is -0.254. The van der Waals surface area contributed by atoms with Gasteiger partial charge < -0.3 is 10.1 Å². The maximum atomic E-state index is 15.6. The van der Waals surface area contributed by atoms with Crippen molar-refractivity contribution in [3.63, 3.8) is 0 Å². The molecule has 2 aromatic carbocycles. The van der Waals surface area contributed by atoms with Crippen molar-refractivity contribution in [2.24, 2.45) is 4.99 Å². The molecule has 3 heterocycles. The Morgan fingerprint density at radius 3 is 1.91 bits per heavy atom. The van der Waals surface area contributed by atoms with Crippen LogP contribution in [0.4, 0.5) is 32.0 Å². The first-order valence-corrected chi connectivity index (χ1v) is 15.1. The summed E-state index contributed by atoms with van der Waals surface area (Å²) in [6, 6.07) is 15.0. The number of rotatable bonds is 6. The zero-order valence-corrected chi connectivity index (χ0v) is 25.4. The van der Waals surface area contributed by atoms with Gasteiger partial charge in [-0.25, -0.2) is 9.79 Å². The number of hydrogen-bond donors (Lipinski definition) is 3. The summed E-state index contributed by atoms with van der Waals surface area (Å²) in [5.41, 5.74) is -4.38. The van der Waals surface area contributed by atoms with Crippen LogP contribution in [0.25, 0.3) is 32.0 Å². The minimum atomic E-state index is -5.71. The molecule has 236 valence electrons. The van der Waals surface area contributed by atoms with Gasteiger partial charge in [0.25, 0.3) is 5.56 Å². The molecule has 3 N–H and O–H groups in total. The smallest absolute Gasteiger partial charge is 0.380 e. The van der Waals surface area contributed by atoms with Crippen LogP contribution in [0.5, 0.6) is 5.75 Å². The Hall–Kier alpha value is -4.69. The molecular formula is C32H21F6N3O3S2. The Kier molecular flexibility index (Phi) is 7.47. The van der Waals surface area contributed by atoms with E-state index in [9.17, 15) is 14.7 Å². The fraction of sp³-hybridized carbons (Fsp3) is 0.156. The van der Waals surface area contributed by atoms with E-state index in [1.807, 2.05) is 4.98 Å². The van der Waals surface area contributed by atoms with Crippen LogP contribution in [-0.4, -0.2) is 39.1 Å². The van der Waals surface area contributed by atoms with Crippen molar-refractivity contribution in [1.29, 1.82) is 0 Å². The molecule has 0 bridgehead atoms. The molecular weight excluding hydrogens is 652 g/mol. The summed E-state index contributed by atoms with van der Waals surface area (Å²) in [5, 5.41) is 10.4. The number of phenolic OH excluding ortho intramolecular Hbond substituents is 1. The lowest BCUT2D eigenvalue weighted by Gasteiger charge is -2.25. The molecule has 0 unspecified atom stereocenters. The Bertz CT molecular complexity index is 2180. The molecule has 0 radical (unpaired) electrons. The molecule has 1 aliphatic rings. The van der Waals surface area contributed by atoms with Gasteiger partial charge in [-0.2, -0.15) is 26.3 Å². The lowest BCUT2D eigenvalue weighted by atomic mass is 9.94. The minimum absolute atomic E-state index is 0.0854. The molecule has 1 aliphatic carbocycles. The van der Waals surface area contributed by atoms with Gasteiger partial charge in [-0.15, -0.1) is 22.7 Å². The van der Waals surface area contributed by atoms with E-state index in [-0.39, 0.29) is 37.2 Å². The van der Waals surface area contributed by atoms with Crippen LogP contribution < -0.4 is 11.2 Å². The highest BCUT2D eigenvalue weighted by atomic mass is 32.1. The molecule has 0 aliphatic heterocycles. The van der Waals surface area contributed by atoms with Gasteiger partial charge in [-0.05, 0) is 66.4 Å². The molecule has 14 heteroatoms. The number of aryl methyl sites for hydroxylation is 2. The van der Waals surface area contributed by atoms with Crippen molar-refractivity contribution in [3.05, 3.63) is 114 Å². The second-order valence-corrected chi connectivity index (χ2v) is 13.0. The third-order valence-corrected chi connectivity index (χ3v) is 9.75. The molecule has 0 saturated carbocycles. The van der Waals surface area contributed by atoms with E-state index in [2.05, 4.69) is 9.98 Å². The van der Waals surface area contributed by atoms with E-state index < -0.39 is 45.7 Å². The SMILES string of the molecule is Cc1sc(-c2ccccc2)cc1C1=C(c2cc(-c3ccc(O)c(C=Nc4c[nH]c(=O)[nH]c4=O)c3)sc2C)C(F)(F)C(F)(F)C1(F)F. The monoisotopic (exact) mass is 673 g/mol. The van der Waals surface area contributed by atoms with Gasteiger partial charge in [0.2, 0.25) is 0 Å². The van der Waals surface area contributed by atoms with Crippen LogP contribution in [0, 0.1) is 13.8 Å². The number of benzene rings is 2. The maximum Gasteiger partial charge on any atom is 0.380 e. The fourth-order valence-electron chi connectivity index (χ4n) is 5.23. The van der Waals surface area contributed by atoms with Gasteiger partial charge in [0.1, 0.15) is 11.4 Å². The number of phenols is 1. The van der Waals surface area contributed by atoms with E-state index >= 15 is 26.3 Å². The number of aromatic amines is 2. The number of aromatic hydroxyl groups is 1. The molecule has 6 rings (SSSR count). The first kappa shape index (κ1) is 31.3. The molecule has 0 atom stereocenters. The highest BCUT2D eigenvalue weighted by Gasteiger charge is 2.80. The van der Waals surface area contributed by atoms with E-state index in [0.29, 0.717) is 16.0 Å². The van der Waals surface area contributed by atoms with Gasteiger partial charge >= 0.3 is 23.5 Å². The van der Waals surface area contributed by atoms with Crippen LogP contribution in [0.15, 0.2) is 81.4 Å². The molecule has 6 nitrogen and oxygen atoms in total. The molecule has 46 heavy (non-hydrogen) atoms. The second kappa shape index (κ2) is 11.0. The number of nitrogens with zero attached hydrogens (tertiary/aromatic N) is 1. The zero-order chi connectivity index (χ0) is 33.2. The van der Waals surface area contributed by atoms with Gasteiger partial charge in [0, 0.05) is 48.6 Å². The van der Waals surface area contributed by atoms with Crippen molar-refractivity contribution in [2.75, 3.05) is 0 Å². The molecule has 0 saturated heterocycles. The van der Waals surface area contributed by atoms with Crippen LogP contribution in [0.1, 0.15) is 26.4 Å². The number of H-pyrrole nitrogens is 2. The summed E-state index contributed by atoms with van der Waals surface area (Å²) in [5.74, 6) is -16.4. The second-order valence-electron chi connectivity index (χ2n) is 10.5. The van der Waals surface area contributed by atoms with Gasteiger partial charge in [0.15, 0.2) is 0 Å². The van der Waals surface area contributed by atoms with Crippen LogP contribution >= 0.6 is 22.7 Å². The minimum Gasteiger partial charge on any atom is -0.507 e. The predicted molar refractivity (Wildman–Crippen MR) is 167 cm³/mol. The van der Waals surface area contributed by atoms with E-state index in [4.69, 9.17) is 0 Å². The highest BCUT2D eigenvalue weighted by molar-refractivity contribution is 7.16. The summed E-state index contributed by atoms with van der Waals surface area (Å²) >= 11 is 1.95. The summed E-state index contributed by atoms with van der Waals surface area (Å²) in [7, 11) is 0. The fourth-order valence-corrected chi connectivity index (χ4v) is 7.28. The summed E-state index contributed by atoms with van der Waals surface area (Å²) < 4.78 is 92.4. The van der Waals surface area contributed by atoms with Gasteiger partial charge in [0.05, 0.1) is 0 Å². The van der Waals surface area contributed by atoms with E-state index in [1.165, 1.54) is 38.1 Å². The standard InChI is InChI=1S/C32H21F6N3O3S2/c1-15-20(11-24(45-15)17-6-4-3-5-7-17)26-27(31(35,36)32(37,38)30(26,33)34)21-12-25(46-16(21)2)18-8-9-23(42)19(10-18)13-39-22-14-40-29(44)41-28(22)43/h3-14,42H,1-2H3,(H2,40,41,43,44). The Morgan fingerprint density at radius 1 is 0.783 bits per heavy atom. The Morgan fingerprint density at radius 2 is 1.35 bits per heavy atom. The predicted octanol–water partition coefficient (Wildman–Crippen LogP) is 8.42. The van der Waals surface area contributed by atoms with Crippen LogP contribution in [0.3, 0.4) is 0 Å². The van der Waals surface area contributed by atoms with E-state index in [1.54, 1.807) is 30.3 Å². The third-order valence-electron chi connectivity index (χ3n) is 7.55. The number of allylic oxidation sites excluding steroid dienone is 2. The van der Waals surface area contributed by atoms with Crippen molar-refractivity contribution >= 4 is 45.7 Å². The first-order chi connectivity index (χ1) is 21.6. The number of halogens is 6. The average molecular weight is 674 g/mol. The molecule has 5 aromatic rings.